The maximum Gasteiger partial charge on any atom is 0.292 e. The maximum atomic E-state index is 10.8. The molecule has 0 aliphatic heterocycles. The molecule has 1 aromatic carbocycles. The van der Waals surface area contributed by atoms with E-state index < -0.39 is 4.92 Å². The van der Waals surface area contributed by atoms with Crippen molar-refractivity contribution in [2.24, 2.45) is 0 Å². The quantitative estimate of drug-likeness (QED) is 0.575. The molecule has 5 heteroatoms. The normalized spacial score (nSPS) is 9.56. The molecule has 0 aromatic heterocycles. The van der Waals surface area contributed by atoms with Gasteiger partial charge in [0.1, 0.15) is 5.69 Å². The fraction of sp³-hybridized carbons (Fsp3) is 0.364. The van der Waals surface area contributed by atoms with Gasteiger partial charge in [0, 0.05) is 19.7 Å². The molecule has 0 atom stereocenters. The van der Waals surface area contributed by atoms with E-state index in [-0.39, 0.29) is 5.69 Å². The summed E-state index contributed by atoms with van der Waals surface area (Å²) in [6, 6.07) is 6.98. The van der Waals surface area contributed by atoms with E-state index in [0.717, 1.165) is 5.56 Å². The van der Waals surface area contributed by atoms with Crippen LogP contribution in [-0.4, -0.2) is 18.5 Å². The van der Waals surface area contributed by atoms with Gasteiger partial charge in [-0.2, -0.15) is 5.26 Å². The number of nitro benzene ring substituents is 1. The third-order valence-corrected chi connectivity index (χ3v) is 2.30. The largest absolute Gasteiger partial charge is 0.368 e. The lowest BCUT2D eigenvalue weighted by Gasteiger charge is -2.17. The Morgan fingerprint density at radius 1 is 1.56 bits per heavy atom. The molecule has 0 bridgehead atoms. The highest BCUT2D eigenvalue weighted by Crippen LogP contribution is 2.28. The average molecular weight is 219 g/mol. The predicted octanol–water partition coefficient (Wildman–Crippen LogP) is 2.25. The molecular formula is C11H13N3O2. The molecule has 0 fully saturated rings. The number of nitrogens with zero attached hydrogens (tertiary/aromatic N) is 3. The van der Waals surface area contributed by atoms with Gasteiger partial charge in [-0.3, -0.25) is 10.1 Å². The lowest BCUT2D eigenvalue weighted by atomic mass is 10.2. The Morgan fingerprint density at radius 2 is 2.25 bits per heavy atom. The molecule has 0 aliphatic rings. The molecule has 0 saturated carbocycles. The molecule has 0 radical (unpaired) electrons. The van der Waals surface area contributed by atoms with Crippen LogP contribution in [0.2, 0.25) is 0 Å². The highest BCUT2D eigenvalue weighted by Gasteiger charge is 2.16. The molecule has 0 saturated heterocycles. The Balaban J connectivity index is 3.05. The van der Waals surface area contributed by atoms with Crippen molar-refractivity contribution in [1.82, 2.24) is 0 Å². The molecule has 16 heavy (non-hydrogen) atoms. The number of aryl methyl sites for hydroxylation is 1. The summed E-state index contributed by atoms with van der Waals surface area (Å²) in [4.78, 5) is 12.2. The zero-order chi connectivity index (χ0) is 12.1. The van der Waals surface area contributed by atoms with Crippen LogP contribution in [0, 0.1) is 28.4 Å². The SMILES string of the molecule is Cc1ccc([N+](=O)[O-])c(N(C)CCC#N)c1. The van der Waals surface area contributed by atoms with E-state index in [1.54, 1.807) is 24.1 Å². The molecule has 0 unspecified atom stereocenters. The van der Waals surface area contributed by atoms with E-state index in [2.05, 4.69) is 0 Å². The van der Waals surface area contributed by atoms with E-state index in [4.69, 9.17) is 5.26 Å². The monoisotopic (exact) mass is 219 g/mol. The summed E-state index contributed by atoms with van der Waals surface area (Å²) in [7, 11) is 1.75. The summed E-state index contributed by atoms with van der Waals surface area (Å²) in [5.74, 6) is 0. The van der Waals surface area contributed by atoms with Gasteiger partial charge in [-0.1, -0.05) is 6.07 Å². The molecule has 0 aliphatic carbocycles. The number of hydrogen-bond donors (Lipinski definition) is 0. The van der Waals surface area contributed by atoms with Crippen LogP contribution in [0.5, 0.6) is 0 Å². The van der Waals surface area contributed by atoms with Gasteiger partial charge in [-0.05, 0) is 18.6 Å². The zero-order valence-electron chi connectivity index (χ0n) is 9.30. The van der Waals surface area contributed by atoms with Crippen molar-refractivity contribution in [3.05, 3.63) is 33.9 Å². The maximum absolute atomic E-state index is 10.8. The minimum atomic E-state index is -0.405. The van der Waals surface area contributed by atoms with Crippen molar-refractivity contribution in [1.29, 1.82) is 5.26 Å². The van der Waals surface area contributed by atoms with Crippen LogP contribution >= 0.6 is 0 Å². The predicted molar refractivity (Wildman–Crippen MR) is 61.3 cm³/mol. The standard InChI is InChI=1S/C11H13N3O2/c1-9-4-5-10(14(15)16)11(8-9)13(2)7-3-6-12/h4-5,8H,3,7H2,1-2H3. The van der Waals surface area contributed by atoms with Crippen molar-refractivity contribution < 1.29 is 4.92 Å². The van der Waals surface area contributed by atoms with Crippen molar-refractivity contribution in [2.75, 3.05) is 18.5 Å². The highest BCUT2D eigenvalue weighted by atomic mass is 16.6. The van der Waals surface area contributed by atoms with Crippen LogP contribution < -0.4 is 4.90 Å². The Morgan fingerprint density at radius 3 is 2.81 bits per heavy atom. The smallest absolute Gasteiger partial charge is 0.292 e. The van der Waals surface area contributed by atoms with Gasteiger partial charge in [0.2, 0.25) is 0 Å². The highest BCUT2D eigenvalue weighted by molar-refractivity contribution is 5.64. The third kappa shape index (κ3) is 2.70. The molecule has 0 N–H and O–H groups in total. The van der Waals surface area contributed by atoms with Crippen LogP contribution in [0.3, 0.4) is 0 Å². The summed E-state index contributed by atoms with van der Waals surface area (Å²) in [5.41, 5.74) is 1.59. The second kappa shape index (κ2) is 5.12. The molecule has 1 aromatic rings. The Kier molecular flexibility index (Phi) is 3.84. The first-order valence-corrected chi connectivity index (χ1v) is 4.89. The Labute approximate surface area is 94.1 Å². The number of rotatable bonds is 4. The van der Waals surface area contributed by atoms with Crippen LogP contribution in [0.25, 0.3) is 0 Å². The molecule has 84 valence electrons. The second-order valence-corrected chi connectivity index (χ2v) is 3.58. The van der Waals surface area contributed by atoms with E-state index in [9.17, 15) is 10.1 Å². The summed E-state index contributed by atoms with van der Waals surface area (Å²) in [5, 5.41) is 19.3. The van der Waals surface area contributed by atoms with Crippen molar-refractivity contribution in [2.45, 2.75) is 13.3 Å². The third-order valence-electron chi connectivity index (χ3n) is 2.30. The van der Waals surface area contributed by atoms with E-state index >= 15 is 0 Å². The van der Waals surface area contributed by atoms with Crippen LogP contribution in [0.4, 0.5) is 11.4 Å². The molecular weight excluding hydrogens is 206 g/mol. The lowest BCUT2D eigenvalue weighted by molar-refractivity contribution is -0.384. The van der Waals surface area contributed by atoms with Crippen LogP contribution in [0.1, 0.15) is 12.0 Å². The van der Waals surface area contributed by atoms with Crippen molar-refractivity contribution in [3.8, 4) is 6.07 Å². The van der Waals surface area contributed by atoms with E-state index in [0.29, 0.717) is 18.7 Å². The lowest BCUT2D eigenvalue weighted by Crippen LogP contribution is -2.19. The number of nitro groups is 1. The van der Waals surface area contributed by atoms with Crippen molar-refractivity contribution in [3.63, 3.8) is 0 Å². The van der Waals surface area contributed by atoms with Gasteiger partial charge in [0.05, 0.1) is 17.4 Å². The minimum Gasteiger partial charge on any atom is -0.368 e. The molecule has 0 spiro atoms. The Hall–Kier alpha value is -2.09. The first-order valence-electron chi connectivity index (χ1n) is 4.89. The fourth-order valence-electron chi connectivity index (χ4n) is 1.43. The summed E-state index contributed by atoms with van der Waals surface area (Å²) in [6.45, 7) is 2.37. The van der Waals surface area contributed by atoms with E-state index in [1.807, 2.05) is 13.0 Å². The topological polar surface area (TPSA) is 70.2 Å². The molecule has 1 rings (SSSR count). The summed E-state index contributed by atoms with van der Waals surface area (Å²) < 4.78 is 0. The number of nitriles is 1. The van der Waals surface area contributed by atoms with Crippen LogP contribution in [-0.2, 0) is 0 Å². The van der Waals surface area contributed by atoms with Crippen molar-refractivity contribution >= 4 is 11.4 Å². The van der Waals surface area contributed by atoms with Gasteiger partial charge in [-0.15, -0.1) is 0 Å². The molecule has 5 nitrogen and oxygen atoms in total. The van der Waals surface area contributed by atoms with Crippen LogP contribution in [0.15, 0.2) is 18.2 Å². The molecule has 0 amide bonds. The average Bonchev–Trinajstić information content (AvgIpc) is 2.25. The fourth-order valence-corrected chi connectivity index (χ4v) is 1.43. The van der Waals surface area contributed by atoms with Gasteiger partial charge < -0.3 is 4.90 Å². The number of anilines is 1. The first-order chi connectivity index (χ1) is 7.56. The second-order valence-electron chi connectivity index (χ2n) is 3.58. The first kappa shape index (κ1) is 12.0. The zero-order valence-corrected chi connectivity index (χ0v) is 9.30. The number of hydrogen-bond acceptors (Lipinski definition) is 4. The van der Waals surface area contributed by atoms with Gasteiger partial charge in [-0.25, -0.2) is 0 Å². The number of benzene rings is 1. The van der Waals surface area contributed by atoms with E-state index in [1.165, 1.54) is 6.07 Å². The van der Waals surface area contributed by atoms with Gasteiger partial charge in [0.15, 0.2) is 0 Å². The summed E-state index contributed by atoms with van der Waals surface area (Å²) >= 11 is 0. The Bertz CT molecular complexity index is 437. The van der Waals surface area contributed by atoms with Gasteiger partial charge >= 0.3 is 0 Å². The summed E-state index contributed by atoms with van der Waals surface area (Å²) in [6.07, 6.45) is 0.349. The molecule has 0 heterocycles. The minimum absolute atomic E-state index is 0.0750. The van der Waals surface area contributed by atoms with Gasteiger partial charge in [0.25, 0.3) is 5.69 Å².